The van der Waals surface area contributed by atoms with Crippen LogP contribution in [0.5, 0.6) is 0 Å². The summed E-state index contributed by atoms with van der Waals surface area (Å²) in [6, 6.07) is 0. The average Bonchev–Trinajstić information content (AvgIpc) is 2.13. The first-order valence-corrected chi connectivity index (χ1v) is 4.51. The molecule has 1 unspecified atom stereocenters. The number of ether oxygens (including phenoxy) is 2. The maximum Gasteiger partial charge on any atom is 0.330 e. The lowest BCUT2D eigenvalue weighted by molar-refractivity contribution is -0.142. The maximum atomic E-state index is 10.1. The average molecular weight is 252 g/mol. The molecule has 0 bridgehead atoms. The van der Waals surface area contributed by atoms with Crippen LogP contribution in [0.4, 0.5) is 0 Å². The van der Waals surface area contributed by atoms with Crippen molar-refractivity contribution in [2.75, 3.05) is 19.8 Å². The van der Waals surface area contributed by atoms with Crippen molar-refractivity contribution in [3.05, 3.63) is 12.2 Å². The molecule has 96 valence electrons. The van der Waals surface area contributed by atoms with Gasteiger partial charge in [-0.15, -0.1) is 0 Å². The van der Waals surface area contributed by atoms with Crippen LogP contribution < -0.4 is 0 Å². The molecule has 0 aliphatic heterocycles. The zero-order chi connectivity index (χ0) is 12.3. The molecule has 0 rings (SSSR count). The first-order valence-electron chi connectivity index (χ1n) is 4.51. The number of aliphatic carboxylic acids is 1. The van der Waals surface area contributed by atoms with E-state index in [-0.39, 0.29) is 21.4 Å². The predicted octanol–water partition coefficient (Wildman–Crippen LogP) is 1.29. The molecule has 0 aliphatic rings. The summed E-state index contributed by atoms with van der Waals surface area (Å²) in [6.07, 6.45) is 0. The Morgan fingerprint density at radius 1 is 1.25 bits per heavy atom. The lowest BCUT2D eigenvalue weighted by Gasteiger charge is -1.99. The van der Waals surface area contributed by atoms with E-state index < -0.39 is 5.97 Å². The molecule has 5 nitrogen and oxygen atoms in total. The maximum absolute atomic E-state index is 10.1. The Bertz CT molecular complexity index is 203. The monoisotopic (exact) mass is 252 g/mol. The third-order valence-electron chi connectivity index (χ3n) is 1.10. The topological polar surface area (TPSA) is 72.8 Å². The van der Waals surface area contributed by atoms with Gasteiger partial charge in [0.15, 0.2) is 0 Å². The van der Waals surface area contributed by atoms with E-state index in [1.54, 1.807) is 0 Å². The summed E-state index contributed by atoms with van der Waals surface area (Å²) in [4.78, 5) is 19.7. The highest BCUT2D eigenvalue weighted by Gasteiger charge is 1.90. The highest BCUT2D eigenvalue weighted by molar-refractivity contribution is 6.92. The molecular formula is C10H21O5P. The standard InChI is InChI=1S/C6H12O3.C4H6O2.H3P/c1-3-8-4-5-9-6(2)7;1-3(2)4(5)6;/h3-5H2,1-2H3;1H2,2H3,(H,5,6);1H3. The lowest BCUT2D eigenvalue weighted by atomic mass is 10.4. The fourth-order valence-electron chi connectivity index (χ4n) is 0.389. The molecule has 0 aromatic carbocycles. The van der Waals surface area contributed by atoms with Crippen molar-refractivity contribution in [3.8, 4) is 0 Å². The van der Waals surface area contributed by atoms with E-state index in [2.05, 4.69) is 11.3 Å². The van der Waals surface area contributed by atoms with Crippen LogP contribution in [-0.4, -0.2) is 36.9 Å². The number of carboxylic acid groups (broad SMARTS) is 1. The van der Waals surface area contributed by atoms with Gasteiger partial charge in [-0.1, -0.05) is 6.58 Å². The molecule has 16 heavy (non-hydrogen) atoms. The van der Waals surface area contributed by atoms with E-state index in [1.165, 1.54) is 13.8 Å². The molecule has 0 fully saturated rings. The molecule has 0 heterocycles. The molecule has 0 saturated heterocycles. The summed E-state index contributed by atoms with van der Waals surface area (Å²) in [6.45, 7) is 9.41. The molecule has 6 heteroatoms. The molecule has 0 amide bonds. The Balaban J connectivity index is -0.000000214. The Hall–Kier alpha value is -0.930. The van der Waals surface area contributed by atoms with Crippen LogP contribution in [0.15, 0.2) is 12.2 Å². The zero-order valence-corrected chi connectivity index (χ0v) is 11.5. The second kappa shape index (κ2) is 14.1. The normalized spacial score (nSPS) is 7.94. The summed E-state index contributed by atoms with van der Waals surface area (Å²) in [5, 5.41) is 7.89. The minimum atomic E-state index is -0.935. The van der Waals surface area contributed by atoms with Crippen molar-refractivity contribution in [1.82, 2.24) is 0 Å². The largest absolute Gasteiger partial charge is 0.478 e. The van der Waals surface area contributed by atoms with Crippen molar-refractivity contribution in [3.63, 3.8) is 0 Å². The van der Waals surface area contributed by atoms with Gasteiger partial charge in [0.25, 0.3) is 0 Å². The Morgan fingerprint density at radius 3 is 1.94 bits per heavy atom. The van der Waals surface area contributed by atoms with E-state index in [9.17, 15) is 9.59 Å². The van der Waals surface area contributed by atoms with Gasteiger partial charge < -0.3 is 14.6 Å². The zero-order valence-electron chi connectivity index (χ0n) is 10.1. The number of carbonyl (C=O) groups excluding carboxylic acids is 1. The second-order valence-corrected chi connectivity index (χ2v) is 2.62. The van der Waals surface area contributed by atoms with Gasteiger partial charge in [0.1, 0.15) is 6.61 Å². The van der Waals surface area contributed by atoms with Crippen LogP contribution in [0, 0.1) is 0 Å². The van der Waals surface area contributed by atoms with Crippen molar-refractivity contribution in [2.24, 2.45) is 0 Å². The first kappa shape index (κ1) is 20.5. The summed E-state index contributed by atoms with van der Waals surface area (Å²) in [5.74, 6) is -1.19. The third kappa shape index (κ3) is 23.1. The molecule has 0 spiro atoms. The number of carbonyl (C=O) groups is 2. The van der Waals surface area contributed by atoms with Gasteiger partial charge in [-0.3, -0.25) is 4.79 Å². The van der Waals surface area contributed by atoms with Gasteiger partial charge in [0, 0.05) is 19.1 Å². The van der Waals surface area contributed by atoms with Crippen LogP contribution >= 0.6 is 9.90 Å². The Kier molecular flexibility index (Phi) is 18.0. The number of carboxylic acids is 1. The predicted molar refractivity (Wildman–Crippen MR) is 66.7 cm³/mol. The van der Waals surface area contributed by atoms with E-state index in [1.807, 2.05) is 6.92 Å². The van der Waals surface area contributed by atoms with Crippen LogP contribution in [0.25, 0.3) is 0 Å². The molecule has 0 saturated carbocycles. The molecule has 0 aromatic heterocycles. The highest BCUT2D eigenvalue weighted by atomic mass is 31.0. The summed E-state index contributed by atoms with van der Waals surface area (Å²) in [7, 11) is 0. The fourth-order valence-corrected chi connectivity index (χ4v) is 0.389. The van der Waals surface area contributed by atoms with Crippen LogP contribution in [0.3, 0.4) is 0 Å². The van der Waals surface area contributed by atoms with Gasteiger partial charge in [0.05, 0.1) is 6.61 Å². The third-order valence-corrected chi connectivity index (χ3v) is 1.10. The minimum absolute atomic E-state index is 0. The number of esters is 1. The Morgan fingerprint density at radius 2 is 1.69 bits per heavy atom. The van der Waals surface area contributed by atoms with E-state index in [0.717, 1.165) is 0 Å². The van der Waals surface area contributed by atoms with Crippen molar-refractivity contribution in [2.45, 2.75) is 20.8 Å². The van der Waals surface area contributed by atoms with Gasteiger partial charge >= 0.3 is 11.9 Å². The first-order chi connectivity index (χ1) is 6.91. The number of hydrogen-bond donors (Lipinski definition) is 1. The SMILES string of the molecule is C=C(C)C(=O)O.CCOCCOC(C)=O.P. The fraction of sp³-hybridized carbons (Fsp3) is 0.600. The minimum Gasteiger partial charge on any atom is -0.478 e. The van der Waals surface area contributed by atoms with Gasteiger partial charge in [-0.05, 0) is 13.8 Å². The van der Waals surface area contributed by atoms with E-state index in [0.29, 0.717) is 19.8 Å². The highest BCUT2D eigenvalue weighted by Crippen LogP contribution is 1.81. The molecular weight excluding hydrogens is 231 g/mol. The molecule has 0 aromatic rings. The van der Waals surface area contributed by atoms with E-state index in [4.69, 9.17) is 9.84 Å². The van der Waals surface area contributed by atoms with Crippen molar-refractivity contribution >= 4 is 21.8 Å². The summed E-state index contributed by atoms with van der Waals surface area (Å²) in [5.41, 5.74) is 0.176. The lowest BCUT2D eigenvalue weighted by Crippen LogP contribution is -2.06. The molecule has 1 atom stereocenters. The molecule has 1 N–H and O–H groups in total. The summed E-state index contributed by atoms with van der Waals surface area (Å²) < 4.78 is 9.49. The van der Waals surface area contributed by atoms with E-state index >= 15 is 0 Å². The Labute approximate surface area is 99.4 Å². The second-order valence-electron chi connectivity index (χ2n) is 2.62. The molecule has 0 radical (unpaired) electrons. The smallest absolute Gasteiger partial charge is 0.330 e. The van der Waals surface area contributed by atoms with Crippen LogP contribution in [0.2, 0.25) is 0 Å². The van der Waals surface area contributed by atoms with Crippen LogP contribution in [0.1, 0.15) is 20.8 Å². The summed E-state index contributed by atoms with van der Waals surface area (Å²) >= 11 is 0. The van der Waals surface area contributed by atoms with Crippen molar-refractivity contribution in [1.29, 1.82) is 0 Å². The van der Waals surface area contributed by atoms with Gasteiger partial charge in [-0.25, -0.2) is 4.79 Å². The van der Waals surface area contributed by atoms with Crippen LogP contribution in [-0.2, 0) is 19.1 Å². The molecule has 0 aliphatic carbocycles. The van der Waals surface area contributed by atoms with Gasteiger partial charge in [-0.2, -0.15) is 9.90 Å². The van der Waals surface area contributed by atoms with Gasteiger partial charge in [0.2, 0.25) is 0 Å². The number of hydrogen-bond acceptors (Lipinski definition) is 4. The van der Waals surface area contributed by atoms with Crippen molar-refractivity contribution < 1.29 is 24.2 Å². The quantitative estimate of drug-likeness (QED) is 0.345. The number of rotatable bonds is 5.